The molecule has 2 rings (SSSR count). The first-order valence-electron chi connectivity index (χ1n) is 6.90. The highest BCUT2D eigenvalue weighted by Crippen LogP contribution is 2.11. The van der Waals surface area contributed by atoms with Crippen LogP contribution >= 0.6 is 0 Å². The van der Waals surface area contributed by atoms with Crippen LogP contribution in [-0.4, -0.2) is 28.5 Å². The quantitative estimate of drug-likeness (QED) is 0.766. The van der Waals surface area contributed by atoms with Crippen LogP contribution in [0, 0.1) is 13.8 Å². The zero-order valence-electron chi connectivity index (χ0n) is 12.6. The van der Waals surface area contributed by atoms with Crippen LogP contribution < -0.4 is 4.74 Å². The summed E-state index contributed by atoms with van der Waals surface area (Å²) in [6, 6.07) is 11.5. The van der Waals surface area contributed by atoms with Gasteiger partial charge in [-0.15, -0.1) is 0 Å². The van der Waals surface area contributed by atoms with Crippen molar-refractivity contribution >= 4 is 5.97 Å². The molecular weight excluding hydrogens is 268 g/mol. The summed E-state index contributed by atoms with van der Waals surface area (Å²) in [7, 11) is 0. The van der Waals surface area contributed by atoms with Crippen LogP contribution in [0.1, 0.15) is 18.3 Å². The molecule has 0 unspecified atom stereocenters. The van der Waals surface area contributed by atoms with Crippen molar-refractivity contribution in [2.45, 2.75) is 33.4 Å². The Balaban J connectivity index is 2.00. The van der Waals surface area contributed by atoms with Gasteiger partial charge in [0.25, 0.3) is 0 Å². The second-order valence-corrected chi connectivity index (χ2v) is 4.96. The minimum atomic E-state index is -0.374. The van der Waals surface area contributed by atoms with E-state index in [1.54, 1.807) is 0 Å². The standard InChI is InChI=1S/C16H20N2O3/c1-12-9-13(2)18(17-12)10-16(21-14(3)19)11-20-15-7-5-4-6-8-15/h4-9,16H,10-11H2,1-3H3/t16-/m0/s1. The zero-order chi connectivity index (χ0) is 15.2. The maximum atomic E-state index is 11.2. The maximum absolute atomic E-state index is 11.2. The lowest BCUT2D eigenvalue weighted by atomic mass is 10.3. The van der Waals surface area contributed by atoms with E-state index in [1.165, 1.54) is 6.92 Å². The van der Waals surface area contributed by atoms with Crippen molar-refractivity contribution in [2.24, 2.45) is 0 Å². The number of hydrogen-bond acceptors (Lipinski definition) is 4. The molecule has 0 aliphatic heterocycles. The molecule has 0 saturated heterocycles. The van der Waals surface area contributed by atoms with E-state index >= 15 is 0 Å². The fourth-order valence-electron chi connectivity index (χ4n) is 2.12. The van der Waals surface area contributed by atoms with Gasteiger partial charge in [0, 0.05) is 12.6 Å². The van der Waals surface area contributed by atoms with Gasteiger partial charge in [-0.3, -0.25) is 9.48 Å². The predicted molar refractivity (Wildman–Crippen MR) is 79.2 cm³/mol. The molecule has 0 saturated carbocycles. The van der Waals surface area contributed by atoms with Crippen molar-refractivity contribution < 1.29 is 14.3 Å². The number of aryl methyl sites for hydroxylation is 2. The largest absolute Gasteiger partial charge is 0.490 e. The van der Waals surface area contributed by atoms with Crippen LogP contribution in [0.5, 0.6) is 5.75 Å². The molecule has 2 aromatic rings. The Kier molecular flexibility index (Phi) is 4.98. The topological polar surface area (TPSA) is 53.4 Å². The van der Waals surface area contributed by atoms with Crippen molar-refractivity contribution in [2.75, 3.05) is 6.61 Å². The summed E-state index contributed by atoms with van der Waals surface area (Å²) in [5.41, 5.74) is 1.97. The van der Waals surface area contributed by atoms with E-state index in [2.05, 4.69) is 5.10 Å². The van der Waals surface area contributed by atoms with Crippen molar-refractivity contribution in [1.82, 2.24) is 9.78 Å². The molecule has 1 heterocycles. The average Bonchev–Trinajstić information content (AvgIpc) is 2.75. The highest BCUT2D eigenvalue weighted by atomic mass is 16.6. The molecule has 0 amide bonds. The van der Waals surface area contributed by atoms with Crippen LogP contribution in [0.3, 0.4) is 0 Å². The second-order valence-electron chi connectivity index (χ2n) is 4.96. The first-order valence-corrected chi connectivity index (χ1v) is 6.90. The number of nitrogens with zero attached hydrogens (tertiary/aromatic N) is 2. The van der Waals surface area contributed by atoms with Crippen LogP contribution in [-0.2, 0) is 16.1 Å². The van der Waals surface area contributed by atoms with Crippen molar-refractivity contribution in [1.29, 1.82) is 0 Å². The third kappa shape index (κ3) is 4.63. The Hall–Kier alpha value is -2.30. The Morgan fingerprint density at radius 1 is 1.29 bits per heavy atom. The van der Waals surface area contributed by atoms with Crippen LogP contribution in [0.25, 0.3) is 0 Å². The molecule has 112 valence electrons. The number of carbonyl (C=O) groups is 1. The van der Waals surface area contributed by atoms with Crippen molar-refractivity contribution in [3.05, 3.63) is 47.8 Å². The van der Waals surface area contributed by atoms with Crippen molar-refractivity contribution in [3.63, 3.8) is 0 Å². The summed E-state index contributed by atoms with van der Waals surface area (Å²) >= 11 is 0. The van der Waals surface area contributed by atoms with E-state index < -0.39 is 0 Å². The van der Waals surface area contributed by atoms with Gasteiger partial charge >= 0.3 is 5.97 Å². The number of carbonyl (C=O) groups excluding carboxylic acids is 1. The van der Waals surface area contributed by atoms with Crippen molar-refractivity contribution in [3.8, 4) is 5.75 Å². The molecule has 5 heteroatoms. The Morgan fingerprint density at radius 2 is 2.00 bits per heavy atom. The molecule has 0 spiro atoms. The number of rotatable bonds is 6. The smallest absolute Gasteiger partial charge is 0.303 e. The molecule has 5 nitrogen and oxygen atoms in total. The van der Waals surface area contributed by atoms with Gasteiger partial charge in [-0.05, 0) is 32.0 Å². The summed E-state index contributed by atoms with van der Waals surface area (Å²) in [5, 5.41) is 4.38. The molecule has 0 aliphatic carbocycles. The van der Waals surface area contributed by atoms with Gasteiger partial charge < -0.3 is 9.47 Å². The summed E-state index contributed by atoms with van der Waals surface area (Å²) in [6.45, 7) is 6.08. The predicted octanol–water partition coefficient (Wildman–Crippen LogP) is 2.51. The zero-order valence-corrected chi connectivity index (χ0v) is 12.6. The first-order chi connectivity index (χ1) is 10.0. The van der Waals surface area contributed by atoms with Crippen LogP contribution in [0.4, 0.5) is 0 Å². The minimum Gasteiger partial charge on any atom is -0.490 e. The lowest BCUT2D eigenvalue weighted by molar-refractivity contribution is -0.148. The van der Waals surface area contributed by atoms with Gasteiger partial charge in [0.2, 0.25) is 0 Å². The van der Waals surface area contributed by atoms with Gasteiger partial charge in [-0.25, -0.2) is 0 Å². The highest BCUT2D eigenvalue weighted by Gasteiger charge is 2.16. The molecule has 1 aromatic heterocycles. The number of esters is 1. The fraction of sp³-hybridized carbons (Fsp3) is 0.375. The van der Waals surface area contributed by atoms with Gasteiger partial charge in [0.1, 0.15) is 12.4 Å². The third-order valence-corrected chi connectivity index (χ3v) is 2.99. The van der Waals surface area contributed by atoms with Gasteiger partial charge in [-0.1, -0.05) is 18.2 Å². The number of ether oxygens (including phenoxy) is 2. The van der Waals surface area contributed by atoms with Crippen LogP contribution in [0.2, 0.25) is 0 Å². The molecular formula is C16H20N2O3. The van der Waals surface area contributed by atoms with E-state index in [0.717, 1.165) is 17.1 Å². The lowest BCUT2D eigenvalue weighted by Gasteiger charge is -2.18. The maximum Gasteiger partial charge on any atom is 0.303 e. The average molecular weight is 288 g/mol. The molecule has 0 fully saturated rings. The molecule has 0 aliphatic rings. The van der Waals surface area contributed by atoms with Crippen LogP contribution in [0.15, 0.2) is 36.4 Å². The minimum absolute atomic E-state index is 0.294. The van der Waals surface area contributed by atoms with E-state index in [4.69, 9.17) is 9.47 Å². The summed E-state index contributed by atoms with van der Waals surface area (Å²) in [5.74, 6) is 0.432. The Labute approximate surface area is 124 Å². The molecule has 21 heavy (non-hydrogen) atoms. The van der Waals surface area contributed by atoms with E-state index in [0.29, 0.717) is 13.2 Å². The number of hydrogen-bond donors (Lipinski definition) is 0. The molecule has 0 N–H and O–H groups in total. The third-order valence-electron chi connectivity index (χ3n) is 2.99. The Bertz CT molecular complexity index is 593. The fourth-order valence-corrected chi connectivity index (χ4v) is 2.12. The van der Waals surface area contributed by atoms with Gasteiger partial charge in [0.15, 0.2) is 6.10 Å². The normalized spacial score (nSPS) is 12.0. The summed E-state index contributed by atoms with van der Waals surface area (Å²) in [4.78, 5) is 11.2. The van der Waals surface area contributed by atoms with E-state index in [1.807, 2.05) is 54.9 Å². The number of aromatic nitrogens is 2. The van der Waals surface area contributed by atoms with Gasteiger partial charge in [-0.2, -0.15) is 5.10 Å². The number of para-hydroxylation sites is 1. The molecule has 1 aromatic carbocycles. The SMILES string of the molecule is CC(=O)O[C@H](COc1ccccc1)Cn1nc(C)cc1C. The number of benzene rings is 1. The lowest BCUT2D eigenvalue weighted by Crippen LogP contribution is -2.29. The second kappa shape index (κ2) is 6.92. The molecule has 0 bridgehead atoms. The molecule has 1 atom stereocenters. The van der Waals surface area contributed by atoms with Gasteiger partial charge in [0.05, 0.1) is 12.2 Å². The molecule has 0 radical (unpaired) electrons. The Morgan fingerprint density at radius 3 is 2.57 bits per heavy atom. The summed E-state index contributed by atoms with van der Waals surface area (Å²) in [6.07, 6.45) is -0.374. The highest BCUT2D eigenvalue weighted by molar-refractivity contribution is 5.66. The summed E-state index contributed by atoms with van der Waals surface area (Å²) < 4.78 is 12.8. The van der Waals surface area contributed by atoms with E-state index in [-0.39, 0.29) is 12.1 Å². The monoisotopic (exact) mass is 288 g/mol. The first kappa shape index (κ1) is 15.1. The van der Waals surface area contributed by atoms with E-state index in [9.17, 15) is 4.79 Å².